The van der Waals surface area contributed by atoms with Crippen LogP contribution in [0.3, 0.4) is 0 Å². The molecule has 1 aromatic rings. The van der Waals surface area contributed by atoms with E-state index in [4.69, 9.17) is 0 Å². The van der Waals surface area contributed by atoms with Crippen molar-refractivity contribution in [1.29, 1.82) is 0 Å². The summed E-state index contributed by atoms with van der Waals surface area (Å²) < 4.78 is 0. The molecule has 2 heterocycles. The Morgan fingerprint density at radius 1 is 1.25 bits per heavy atom. The van der Waals surface area contributed by atoms with E-state index in [1.54, 1.807) is 0 Å². The summed E-state index contributed by atoms with van der Waals surface area (Å²) in [6, 6.07) is 4.36. The van der Waals surface area contributed by atoms with Crippen LogP contribution in [-0.4, -0.2) is 22.3 Å². The van der Waals surface area contributed by atoms with Gasteiger partial charge >= 0.3 is 0 Å². The van der Waals surface area contributed by atoms with Crippen molar-refractivity contribution in [2.45, 2.75) is 31.7 Å². The van der Waals surface area contributed by atoms with E-state index in [1.165, 1.54) is 5.56 Å². The average Bonchev–Trinajstić information content (AvgIpc) is 3.06. The smallest absolute Gasteiger partial charge is 0.226 e. The molecule has 2 fully saturated rings. The summed E-state index contributed by atoms with van der Waals surface area (Å²) in [4.78, 5) is 18.2. The number of carbonyl (C=O) groups excluding carboxylic acids is 1. The number of hydrogen-bond acceptors (Lipinski definition) is 2. The standard InChI is InChI=1S/C13H16N2O/c16-13(11-3-4-11)15-9-1-2-12(15)10-5-7-14-8-6-10/h5-8,11-12H,1-4,9H2. The van der Waals surface area contributed by atoms with Gasteiger partial charge in [0.25, 0.3) is 0 Å². The number of amides is 1. The number of aromatic nitrogens is 1. The van der Waals surface area contributed by atoms with Crippen molar-refractivity contribution in [2.75, 3.05) is 6.54 Å². The van der Waals surface area contributed by atoms with Gasteiger partial charge in [0.1, 0.15) is 0 Å². The number of rotatable bonds is 2. The second-order valence-corrected chi connectivity index (χ2v) is 4.74. The fourth-order valence-electron chi connectivity index (χ4n) is 2.53. The zero-order valence-electron chi connectivity index (χ0n) is 9.30. The van der Waals surface area contributed by atoms with Gasteiger partial charge in [-0.05, 0) is 43.4 Å². The van der Waals surface area contributed by atoms with Gasteiger partial charge in [-0.15, -0.1) is 0 Å². The van der Waals surface area contributed by atoms with Crippen molar-refractivity contribution >= 4 is 5.91 Å². The molecule has 1 saturated carbocycles. The van der Waals surface area contributed by atoms with Crippen molar-refractivity contribution < 1.29 is 4.79 Å². The topological polar surface area (TPSA) is 33.2 Å². The molecule has 84 valence electrons. The first-order chi connectivity index (χ1) is 7.86. The minimum Gasteiger partial charge on any atom is -0.335 e. The molecular weight excluding hydrogens is 200 g/mol. The molecule has 3 heteroatoms. The largest absolute Gasteiger partial charge is 0.335 e. The number of carbonyl (C=O) groups is 1. The normalized spacial score (nSPS) is 24.8. The molecule has 0 radical (unpaired) electrons. The van der Waals surface area contributed by atoms with E-state index >= 15 is 0 Å². The van der Waals surface area contributed by atoms with E-state index in [2.05, 4.69) is 9.88 Å². The average molecular weight is 216 g/mol. The van der Waals surface area contributed by atoms with Gasteiger partial charge in [-0.2, -0.15) is 0 Å². The maximum Gasteiger partial charge on any atom is 0.226 e. The fraction of sp³-hybridized carbons (Fsp3) is 0.538. The van der Waals surface area contributed by atoms with Gasteiger partial charge in [-0.3, -0.25) is 9.78 Å². The van der Waals surface area contributed by atoms with Crippen LogP contribution in [0.4, 0.5) is 0 Å². The Morgan fingerprint density at radius 3 is 2.69 bits per heavy atom. The Labute approximate surface area is 95.5 Å². The third-order valence-electron chi connectivity index (χ3n) is 3.55. The highest BCUT2D eigenvalue weighted by atomic mass is 16.2. The molecule has 0 aromatic carbocycles. The molecule has 1 saturated heterocycles. The zero-order valence-corrected chi connectivity index (χ0v) is 9.30. The molecule has 0 N–H and O–H groups in total. The Morgan fingerprint density at radius 2 is 2.00 bits per heavy atom. The van der Waals surface area contributed by atoms with Crippen molar-refractivity contribution in [3.05, 3.63) is 30.1 Å². The maximum absolute atomic E-state index is 12.1. The van der Waals surface area contributed by atoms with Crippen LogP contribution in [0.1, 0.15) is 37.3 Å². The molecule has 0 bridgehead atoms. The van der Waals surface area contributed by atoms with E-state index < -0.39 is 0 Å². The molecule has 3 nitrogen and oxygen atoms in total. The van der Waals surface area contributed by atoms with Crippen LogP contribution in [0.25, 0.3) is 0 Å². The van der Waals surface area contributed by atoms with Crippen LogP contribution in [0.5, 0.6) is 0 Å². The van der Waals surface area contributed by atoms with Crippen LogP contribution >= 0.6 is 0 Å². The first-order valence-corrected chi connectivity index (χ1v) is 6.06. The van der Waals surface area contributed by atoms with E-state index in [1.807, 2.05) is 24.5 Å². The van der Waals surface area contributed by atoms with Crippen LogP contribution < -0.4 is 0 Å². The van der Waals surface area contributed by atoms with Gasteiger partial charge in [0, 0.05) is 24.9 Å². The summed E-state index contributed by atoms with van der Waals surface area (Å²) in [5.74, 6) is 0.710. The van der Waals surface area contributed by atoms with Crippen molar-refractivity contribution in [1.82, 2.24) is 9.88 Å². The summed E-state index contributed by atoms with van der Waals surface area (Å²) in [5, 5.41) is 0. The van der Waals surface area contributed by atoms with Crippen molar-refractivity contribution in [2.24, 2.45) is 5.92 Å². The molecule has 1 aliphatic carbocycles. The van der Waals surface area contributed by atoms with E-state index in [0.717, 1.165) is 32.2 Å². The molecule has 16 heavy (non-hydrogen) atoms. The lowest BCUT2D eigenvalue weighted by molar-refractivity contribution is -0.133. The van der Waals surface area contributed by atoms with Gasteiger partial charge in [0.05, 0.1) is 6.04 Å². The predicted octanol–water partition coefficient (Wildman–Crippen LogP) is 2.16. The number of pyridine rings is 1. The van der Waals surface area contributed by atoms with Gasteiger partial charge in [-0.1, -0.05) is 0 Å². The lowest BCUT2D eigenvalue weighted by atomic mass is 10.1. The SMILES string of the molecule is O=C(C1CC1)N1CCCC1c1ccncc1. The molecule has 1 amide bonds. The highest BCUT2D eigenvalue weighted by Gasteiger charge is 2.38. The second-order valence-electron chi connectivity index (χ2n) is 4.74. The quantitative estimate of drug-likeness (QED) is 0.759. The second kappa shape index (κ2) is 3.89. The predicted molar refractivity (Wildman–Crippen MR) is 60.6 cm³/mol. The van der Waals surface area contributed by atoms with E-state index in [9.17, 15) is 4.79 Å². The van der Waals surface area contributed by atoms with Gasteiger partial charge in [-0.25, -0.2) is 0 Å². The molecule has 3 rings (SSSR count). The number of likely N-dealkylation sites (tertiary alicyclic amines) is 1. The van der Waals surface area contributed by atoms with E-state index in [-0.39, 0.29) is 0 Å². The van der Waals surface area contributed by atoms with Gasteiger partial charge in [0.15, 0.2) is 0 Å². The highest BCUT2D eigenvalue weighted by molar-refractivity contribution is 5.81. The number of hydrogen-bond donors (Lipinski definition) is 0. The summed E-state index contributed by atoms with van der Waals surface area (Å²) in [6.45, 7) is 0.933. The number of nitrogens with zero attached hydrogens (tertiary/aromatic N) is 2. The third-order valence-corrected chi connectivity index (χ3v) is 3.55. The van der Waals surface area contributed by atoms with Crippen molar-refractivity contribution in [3.8, 4) is 0 Å². The lowest BCUT2D eigenvalue weighted by Gasteiger charge is -2.25. The molecular formula is C13H16N2O. The monoisotopic (exact) mass is 216 g/mol. The Kier molecular flexibility index (Phi) is 2.39. The van der Waals surface area contributed by atoms with Crippen LogP contribution in [0, 0.1) is 5.92 Å². The first-order valence-electron chi connectivity index (χ1n) is 6.06. The summed E-state index contributed by atoms with van der Waals surface area (Å²) >= 11 is 0. The summed E-state index contributed by atoms with van der Waals surface area (Å²) in [5.41, 5.74) is 1.24. The minimum atomic E-state index is 0.302. The van der Waals surface area contributed by atoms with Crippen LogP contribution in [0.15, 0.2) is 24.5 Å². The first kappa shape index (κ1) is 9.82. The van der Waals surface area contributed by atoms with Crippen molar-refractivity contribution in [3.63, 3.8) is 0 Å². The Balaban J connectivity index is 1.81. The van der Waals surface area contributed by atoms with E-state index in [0.29, 0.717) is 17.9 Å². The highest BCUT2D eigenvalue weighted by Crippen LogP contribution is 2.38. The Bertz CT molecular complexity index is 386. The zero-order chi connectivity index (χ0) is 11.0. The minimum absolute atomic E-state index is 0.302. The fourth-order valence-corrected chi connectivity index (χ4v) is 2.53. The third kappa shape index (κ3) is 1.70. The Hall–Kier alpha value is -1.38. The maximum atomic E-state index is 12.1. The molecule has 0 spiro atoms. The summed E-state index contributed by atoms with van der Waals surface area (Å²) in [6.07, 6.45) is 8.05. The summed E-state index contributed by atoms with van der Waals surface area (Å²) in [7, 11) is 0. The van der Waals surface area contributed by atoms with Gasteiger partial charge < -0.3 is 4.90 Å². The lowest BCUT2D eigenvalue weighted by Crippen LogP contribution is -2.31. The van der Waals surface area contributed by atoms with Crippen LogP contribution in [0.2, 0.25) is 0 Å². The molecule has 1 atom stereocenters. The van der Waals surface area contributed by atoms with Crippen LogP contribution in [-0.2, 0) is 4.79 Å². The molecule has 1 unspecified atom stereocenters. The van der Waals surface area contributed by atoms with Gasteiger partial charge in [0.2, 0.25) is 5.91 Å². The molecule has 1 aliphatic heterocycles. The molecule has 2 aliphatic rings. The molecule has 1 aromatic heterocycles.